The number of aromatic amines is 1. The molecule has 5 nitrogen and oxygen atoms in total. The Balaban J connectivity index is 1.93. The second-order valence-electron chi connectivity index (χ2n) is 6.77. The van der Waals surface area contributed by atoms with Gasteiger partial charge in [-0.1, -0.05) is 18.2 Å². The molecule has 2 N–H and O–H groups in total. The highest BCUT2D eigenvalue weighted by atomic mass is 127. The molecule has 1 saturated heterocycles. The number of aryl methyl sites for hydroxylation is 2. The number of hydrogen-bond acceptors (Lipinski definition) is 3. The number of halogens is 1. The summed E-state index contributed by atoms with van der Waals surface area (Å²) < 4.78 is 6.86. The van der Waals surface area contributed by atoms with E-state index in [1.807, 2.05) is 48.7 Å². The minimum Gasteiger partial charge on any atom is -0.495 e. The molecule has 3 aromatic rings. The van der Waals surface area contributed by atoms with Crippen LogP contribution < -0.4 is 15.0 Å². The maximum Gasteiger partial charge on any atom is 0.174 e. The second kappa shape index (κ2) is 7.71. The van der Waals surface area contributed by atoms with E-state index < -0.39 is 0 Å². The first-order chi connectivity index (χ1) is 13.5. The maximum atomic E-state index is 5.80. The molecule has 0 saturated carbocycles. The van der Waals surface area contributed by atoms with E-state index >= 15 is 0 Å². The highest BCUT2D eigenvalue weighted by molar-refractivity contribution is 14.1. The summed E-state index contributed by atoms with van der Waals surface area (Å²) in [7, 11) is 1.69. The van der Waals surface area contributed by atoms with Crippen molar-refractivity contribution in [2.24, 2.45) is 0 Å². The van der Waals surface area contributed by atoms with Gasteiger partial charge in [-0.15, -0.1) is 0 Å². The van der Waals surface area contributed by atoms with Crippen molar-refractivity contribution in [2.45, 2.75) is 25.9 Å². The zero-order chi connectivity index (χ0) is 19.8. The number of benzene rings is 1. The molecule has 28 heavy (non-hydrogen) atoms. The van der Waals surface area contributed by atoms with Crippen molar-refractivity contribution in [3.8, 4) is 5.75 Å². The van der Waals surface area contributed by atoms with Crippen molar-refractivity contribution in [2.75, 3.05) is 12.0 Å². The van der Waals surface area contributed by atoms with E-state index in [1.165, 1.54) is 9.13 Å². The Hall–Kier alpha value is -2.13. The van der Waals surface area contributed by atoms with Crippen LogP contribution in [0.2, 0.25) is 0 Å². The van der Waals surface area contributed by atoms with Crippen LogP contribution in [0.4, 0.5) is 5.69 Å². The van der Waals surface area contributed by atoms with Crippen molar-refractivity contribution < 1.29 is 4.74 Å². The number of nitrogens with zero attached hydrogens (tertiary/aromatic N) is 2. The van der Waals surface area contributed by atoms with E-state index in [2.05, 4.69) is 56.6 Å². The van der Waals surface area contributed by atoms with E-state index in [9.17, 15) is 0 Å². The van der Waals surface area contributed by atoms with E-state index in [0.717, 1.165) is 28.5 Å². The molecule has 0 unspecified atom stereocenters. The summed E-state index contributed by atoms with van der Waals surface area (Å²) >= 11 is 8.21. The van der Waals surface area contributed by atoms with Crippen LogP contribution in [0.3, 0.4) is 0 Å². The Morgan fingerprint density at radius 1 is 1.11 bits per heavy atom. The number of H-pyrrole nitrogens is 1. The van der Waals surface area contributed by atoms with Gasteiger partial charge in [-0.2, -0.15) is 0 Å². The molecule has 1 aliphatic heterocycles. The van der Waals surface area contributed by atoms with Crippen LogP contribution in [0.1, 0.15) is 34.7 Å². The average Bonchev–Trinajstić information content (AvgIpc) is 3.17. The van der Waals surface area contributed by atoms with E-state index in [1.54, 1.807) is 7.11 Å². The first kappa shape index (κ1) is 19.2. The lowest BCUT2D eigenvalue weighted by Crippen LogP contribution is -2.30. The number of thiocarbonyl (C=S) groups is 1. The van der Waals surface area contributed by atoms with Crippen molar-refractivity contribution in [3.05, 3.63) is 74.9 Å². The van der Waals surface area contributed by atoms with Gasteiger partial charge in [-0.25, -0.2) is 0 Å². The lowest BCUT2D eigenvalue weighted by molar-refractivity contribution is 0.414. The van der Waals surface area contributed by atoms with Crippen molar-refractivity contribution in [1.82, 2.24) is 15.3 Å². The van der Waals surface area contributed by atoms with Crippen molar-refractivity contribution >= 4 is 45.6 Å². The lowest BCUT2D eigenvalue weighted by Gasteiger charge is -2.29. The summed E-state index contributed by atoms with van der Waals surface area (Å²) in [5, 5.41) is 4.17. The number of nitrogens with one attached hydrogen (secondary N) is 2. The number of methoxy groups -OCH3 is 1. The Morgan fingerprint density at radius 3 is 2.50 bits per heavy atom. The Morgan fingerprint density at radius 2 is 1.86 bits per heavy atom. The molecule has 0 amide bonds. The number of anilines is 1. The molecular formula is C21H21IN4OS. The summed E-state index contributed by atoms with van der Waals surface area (Å²) in [5.41, 5.74) is 5.43. The van der Waals surface area contributed by atoms with Crippen LogP contribution in [-0.4, -0.2) is 22.2 Å². The molecule has 7 heteroatoms. The summed E-state index contributed by atoms with van der Waals surface area (Å²) in [4.78, 5) is 10.3. The van der Waals surface area contributed by atoms with Gasteiger partial charge in [-0.3, -0.25) is 4.98 Å². The molecule has 1 fully saturated rings. The van der Waals surface area contributed by atoms with Crippen LogP contribution in [0.15, 0.2) is 48.7 Å². The van der Waals surface area contributed by atoms with Gasteiger partial charge in [-0.05, 0) is 72.9 Å². The topological polar surface area (TPSA) is 53.2 Å². The molecule has 0 spiro atoms. The van der Waals surface area contributed by atoms with Gasteiger partial charge in [0.1, 0.15) is 5.75 Å². The van der Waals surface area contributed by atoms with E-state index in [0.29, 0.717) is 5.11 Å². The molecule has 4 rings (SSSR count). The summed E-state index contributed by atoms with van der Waals surface area (Å²) in [5.74, 6) is 0.790. The average molecular weight is 504 g/mol. The minimum absolute atomic E-state index is 0.0458. The van der Waals surface area contributed by atoms with E-state index in [-0.39, 0.29) is 12.1 Å². The Kier molecular flexibility index (Phi) is 5.29. The smallest absolute Gasteiger partial charge is 0.174 e. The number of rotatable bonds is 4. The van der Waals surface area contributed by atoms with E-state index in [4.69, 9.17) is 17.0 Å². The van der Waals surface area contributed by atoms with Crippen molar-refractivity contribution in [3.63, 3.8) is 0 Å². The number of para-hydroxylation sites is 2. The second-order valence-corrected chi connectivity index (χ2v) is 8.24. The normalized spacial score (nSPS) is 19.0. The first-order valence-corrected chi connectivity index (χ1v) is 10.5. The van der Waals surface area contributed by atoms with Gasteiger partial charge >= 0.3 is 0 Å². The summed E-state index contributed by atoms with van der Waals surface area (Å²) in [6.07, 6.45) is 1.82. The molecule has 1 aromatic carbocycles. The molecule has 2 aromatic heterocycles. The van der Waals surface area contributed by atoms with Crippen LogP contribution in [0.5, 0.6) is 5.75 Å². The third-order valence-corrected chi connectivity index (χ3v) is 6.79. The van der Waals surface area contributed by atoms with Crippen molar-refractivity contribution in [1.29, 1.82) is 0 Å². The molecule has 144 valence electrons. The Labute approximate surface area is 183 Å². The van der Waals surface area contributed by atoms with Crippen LogP contribution in [0, 0.1) is 17.4 Å². The predicted octanol–water partition coefficient (Wildman–Crippen LogP) is 4.82. The third-order valence-electron chi connectivity index (χ3n) is 5.08. The zero-order valence-corrected chi connectivity index (χ0v) is 18.8. The molecule has 0 radical (unpaired) electrons. The van der Waals surface area contributed by atoms with Crippen LogP contribution in [-0.2, 0) is 0 Å². The fourth-order valence-corrected chi connectivity index (χ4v) is 5.06. The monoisotopic (exact) mass is 504 g/mol. The highest BCUT2D eigenvalue weighted by Gasteiger charge is 2.43. The molecular weight excluding hydrogens is 483 g/mol. The lowest BCUT2D eigenvalue weighted by atomic mass is 9.96. The molecule has 1 aliphatic rings. The van der Waals surface area contributed by atoms with Crippen LogP contribution >= 0.6 is 34.8 Å². The quantitative estimate of drug-likeness (QED) is 0.395. The minimum atomic E-state index is -0.0685. The van der Waals surface area contributed by atoms with Gasteiger partial charge in [0.2, 0.25) is 0 Å². The highest BCUT2D eigenvalue weighted by Crippen LogP contribution is 2.46. The summed E-state index contributed by atoms with van der Waals surface area (Å²) in [6, 6.07) is 13.8. The van der Waals surface area contributed by atoms with Gasteiger partial charge in [0.25, 0.3) is 0 Å². The predicted molar refractivity (Wildman–Crippen MR) is 124 cm³/mol. The molecule has 2 atom stereocenters. The number of aromatic nitrogens is 2. The molecule has 0 bridgehead atoms. The summed E-state index contributed by atoms with van der Waals surface area (Å²) in [6.45, 7) is 4.21. The number of ether oxygens (including phenoxy) is 1. The number of pyridine rings is 1. The largest absolute Gasteiger partial charge is 0.495 e. The van der Waals surface area contributed by atoms with Crippen LogP contribution in [0.25, 0.3) is 0 Å². The standard InChI is InChI=1S/C21H21IN4OS/c1-12-17(18(22)13(2)24-12)20-19(14-8-6-7-11-23-14)25-21(28)26(20)15-9-4-5-10-16(15)27-3/h4-11,19-20,24H,1-3H3,(H,25,28)/t19-,20+/m0/s1. The maximum absolute atomic E-state index is 5.80. The van der Waals surface area contributed by atoms with Gasteiger partial charge in [0.15, 0.2) is 5.11 Å². The molecule has 3 heterocycles. The van der Waals surface area contributed by atoms with Gasteiger partial charge < -0.3 is 19.9 Å². The third kappa shape index (κ3) is 3.16. The molecule has 0 aliphatic carbocycles. The van der Waals surface area contributed by atoms with Gasteiger partial charge in [0, 0.05) is 26.7 Å². The first-order valence-electron chi connectivity index (χ1n) is 9.01. The fraction of sp³-hybridized carbons (Fsp3) is 0.238. The SMILES string of the molecule is COc1ccccc1N1C(=S)N[C@@H](c2ccccn2)[C@H]1c1c(C)[nH]c(C)c1I. The zero-order valence-electron chi connectivity index (χ0n) is 15.9. The van der Waals surface area contributed by atoms with Gasteiger partial charge in [0.05, 0.1) is 30.6 Å². The fourth-order valence-electron chi connectivity index (χ4n) is 3.86. The Bertz CT molecular complexity index is 1020. The number of hydrogen-bond donors (Lipinski definition) is 2.